The van der Waals surface area contributed by atoms with E-state index in [1.165, 1.54) is 5.57 Å². The van der Waals surface area contributed by atoms with E-state index in [1.54, 1.807) is 0 Å². The molecule has 0 aromatic carbocycles. The van der Waals surface area contributed by atoms with Gasteiger partial charge in [-0.25, -0.2) is 0 Å². The first-order chi connectivity index (χ1) is 11.3. The van der Waals surface area contributed by atoms with Crippen LogP contribution in [0.2, 0.25) is 0 Å². The number of amides is 1. The topological polar surface area (TPSA) is 66.8 Å². The van der Waals surface area contributed by atoms with Gasteiger partial charge >= 0.3 is 5.97 Å². The van der Waals surface area contributed by atoms with Gasteiger partial charge in [-0.3, -0.25) is 9.59 Å². The van der Waals surface area contributed by atoms with E-state index in [9.17, 15) is 14.7 Å². The molecule has 4 aliphatic rings. The number of aliphatic carboxylic acids is 1. The summed E-state index contributed by atoms with van der Waals surface area (Å²) >= 11 is 0. The van der Waals surface area contributed by atoms with E-state index in [0.717, 1.165) is 6.42 Å². The second-order valence-electron chi connectivity index (χ2n) is 8.17. The van der Waals surface area contributed by atoms with Crippen molar-refractivity contribution in [2.45, 2.75) is 38.9 Å². The lowest BCUT2D eigenvalue weighted by molar-refractivity contribution is -0.148. The zero-order valence-corrected chi connectivity index (χ0v) is 14.4. The van der Waals surface area contributed by atoms with Crippen LogP contribution in [-0.2, 0) is 14.3 Å². The molecule has 1 amide bonds. The molecule has 0 unspecified atom stereocenters. The summed E-state index contributed by atoms with van der Waals surface area (Å²) in [6.07, 6.45) is 6.69. The van der Waals surface area contributed by atoms with Gasteiger partial charge in [0, 0.05) is 6.54 Å². The minimum absolute atomic E-state index is 0.0417. The largest absolute Gasteiger partial charge is 0.481 e. The van der Waals surface area contributed by atoms with Gasteiger partial charge in [0.1, 0.15) is 11.5 Å². The average molecular weight is 331 g/mol. The van der Waals surface area contributed by atoms with Gasteiger partial charge in [0.25, 0.3) is 0 Å². The monoisotopic (exact) mass is 331 g/mol. The van der Waals surface area contributed by atoms with Crippen molar-refractivity contribution in [3.05, 3.63) is 23.8 Å². The predicted molar refractivity (Wildman–Crippen MR) is 88.1 cm³/mol. The summed E-state index contributed by atoms with van der Waals surface area (Å²) < 4.78 is 5.95. The lowest BCUT2D eigenvalue weighted by atomic mass is 9.75. The van der Waals surface area contributed by atoms with Crippen molar-refractivity contribution in [1.82, 2.24) is 4.90 Å². The van der Waals surface area contributed by atoms with E-state index in [-0.39, 0.29) is 5.91 Å². The van der Waals surface area contributed by atoms with Crippen LogP contribution in [0.1, 0.15) is 27.2 Å². The highest BCUT2D eigenvalue weighted by molar-refractivity contribution is 5.90. The van der Waals surface area contributed by atoms with Crippen LogP contribution in [0.5, 0.6) is 0 Å². The van der Waals surface area contributed by atoms with Crippen LogP contribution in [-0.4, -0.2) is 46.7 Å². The molecule has 0 aromatic heterocycles. The highest BCUT2D eigenvalue weighted by Gasteiger charge is 2.67. The number of ether oxygens (including phenoxy) is 1. The van der Waals surface area contributed by atoms with Crippen molar-refractivity contribution in [1.29, 1.82) is 0 Å². The highest BCUT2D eigenvalue weighted by atomic mass is 16.5. The second-order valence-corrected chi connectivity index (χ2v) is 8.17. The van der Waals surface area contributed by atoms with Gasteiger partial charge < -0.3 is 14.7 Å². The maximum atomic E-state index is 13.0. The molecular weight excluding hydrogens is 306 g/mol. The number of nitrogens with zero attached hydrogens (tertiary/aromatic N) is 1. The molecule has 130 valence electrons. The number of likely N-dealkylation sites (tertiary alicyclic amines) is 1. The van der Waals surface area contributed by atoms with Crippen molar-refractivity contribution >= 4 is 11.9 Å². The summed E-state index contributed by atoms with van der Waals surface area (Å²) in [6, 6.07) is 0. The zero-order chi connectivity index (χ0) is 17.2. The van der Waals surface area contributed by atoms with Crippen LogP contribution >= 0.6 is 0 Å². The lowest BCUT2D eigenvalue weighted by Crippen LogP contribution is -2.41. The van der Waals surface area contributed by atoms with Gasteiger partial charge in [0.15, 0.2) is 0 Å². The van der Waals surface area contributed by atoms with Gasteiger partial charge in [-0.1, -0.05) is 37.6 Å². The third kappa shape index (κ3) is 2.10. The quantitative estimate of drug-likeness (QED) is 0.804. The van der Waals surface area contributed by atoms with Crippen LogP contribution in [0.3, 0.4) is 0 Å². The number of carboxylic acids is 1. The van der Waals surface area contributed by atoms with E-state index in [0.29, 0.717) is 30.8 Å². The molecule has 0 saturated carbocycles. The van der Waals surface area contributed by atoms with Gasteiger partial charge in [-0.05, 0) is 31.1 Å². The predicted octanol–water partition coefficient (Wildman–Crippen LogP) is 2.09. The van der Waals surface area contributed by atoms with E-state index in [4.69, 9.17) is 4.74 Å². The van der Waals surface area contributed by atoms with Crippen molar-refractivity contribution in [3.63, 3.8) is 0 Å². The van der Waals surface area contributed by atoms with Gasteiger partial charge in [0.2, 0.25) is 5.91 Å². The van der Waals surface area contributed by atoms with Crippen LogP contribution in [0, 0.1) is 29.6 Å². The maximum Gasteiger partial charge on any atom is 0.310 e. The van der Waals surface area contributed by atoms with Crippen molar-refractivity contribution in [2.24, 2.45) is 29.6 Å². The standard InChI is InChI=1S/C19H25NO4/c1-10-6-11(2)13(12(3)7-10)8-20-9-19-5-4-14(24-19)15(18(22)23)16(19)17(20)21/h4-6,11-16H,7-9H2,1-3H3,(H,22,23)/t11-,12+,13+,14-,15+,16+,19-/m0/s1. The first-order valence-corrected chi connectivity index (χ1v) is 8.88. The van der Waals surface area contributed by atoms with Gasteiger partial charge in [-0.2, -0.15) is 0 Å². The fourth-order valence-corrected chi connectivity index (χ4v) is 5.43. The number of carboxylic acid groups (broad SMARTS) is 1. The van der Waals surface area contributed by atoms with E-state index < -0.39 is 29.5 Å². The maximum absolute atomic E-state index is 13.0. The molecule has 3 heterocycles. The number of hydrogen-bond donors (Lipinski definition) is 1. The summed E-state index contributed by atoms with van der Waals surface area (Å²) in [7, 11) is 0. The number of carbonyl (C=O) groups is 2. The zero-order valence-electron chi connectivity index (χ0n) is 14.4. The normalized spacial score (nSPS) is 46.4. The number of allylic oxidation sites excluding steroid dienone is 2. The molecule has 5 heteroatoms. The summed E-state index contributed by atoms with van der Waals surface area (Å²) in [5.41, 5.74) is 0.711. The Bertz CT molecular complexity index is 654. The fraction of sp³-hybridized carbons (Fsp3) is 0.684. The molecule has 24 heavy (non-hydrogen) atoms. The third-order valence-electron chi connectivity index (χ3n) is 6.49. The lowest BCUT2D eigenvalue weighted by Gasteiger charge is -2.36. The number of rotatable bonds is 3. The molecule has 3 aliphatic heterocycles. The Morgan fingerprint density at radius 1 is 1.46 bits per heavy atom. The van der Waals surface area contributed by atoms with Crippen molar-refractivity contribution in [2.75, 3.05) is 13.1 Å². The Balaban J connectivity index is 1.56. The molecule has 0 aromatic rings. The molecule has 5 nitrogen and oxygen atoms in total. The molecule has 1 N–H and O–H groups in total. The van der Waals surface area contributed by atoms with Crippen molar-refractivity contribution < 1.29 is 19.4 Å². The minimum Gasteiger partial charge on any atom is -0.481 e. The smallest absolute Gasteiger partial charge is 0.310 e. The molecular formula is C19H25NO4. The minimum atomic E-state index is -0.926. The molecule has 2 saturated heterocycles. The molecule has 1 aliphatic carbocycles. The van der Waals surface area contributed by atoms with Gasteiger partial charge in [0.05, 0.1) is 18.6 Å². The second kappa shape index (κ2) is 5.19. The molecule has 4 rings (SSSR count). The average Bonchev–Trinajstić information content (AvgIpc) is 3.11. The summed E-state index contributed by atoms with van der Waals surface area (Å²) in [6.45, 7) is 7.82. The van der Waals surface area contributed by atoms with E-state index >= 15 is 0 Å². The first kappa shape index (κ1) is 15.9. The molecule has 2 bridgehead atoms. The summed E-state index contributed by atoms with van der Waals surface area (Å²) in [5.74, 6) is -0.893. The third-order valence-corrected chi connectivity index (χ3v) is 6.49. The molecule has 7 atom stereocenters. The van der Waals surface area contributed by atoms with E-state index in [1.807, 2.05) is 17.1 Å². The highest BCUT2D eigenvalue weighted by Crippen LogP contribution is 2.52. The molecule has 0 radical (unpaired) electrons. The Morgan fingerprint density at radius 2 is 2.21 bits per heavy atom. The first-order valence-electron chi connectivity index (χ1n) is 8.88. The van der Waals surface area contributed by atoms with Crippen molar-refractivity contribution in [3.8, 4) is 0 Å². The Morgan fingerprint density at radius 3 is 2.88 bits per heavy atom. The fourth-order valence-electron chi connectivity index (χ4n) is 5.43. The Hall–Kier alpha value is -1.62. The Kier molecular flexibility index (Phi) is 3.43. The number of hydrogen-bond acceptors (Lipinski definition) is 3. The Labute approximate surface area is 142 Å². The van der Waals surface area contributed by atoms with Crippen LogP contribution in [0.4, 0.5) is 0 Å². The van der Waals surface area contributed by atoms with Crippen LogP contribution in [0.25, 0.3) is 0 Å². The molecule has 1 spiro atoms. The number of fused-ring (bicyclic) bond motifs is 1. The molecule has 2 fully saturated rings. The van der Waals surface area contributed by atoms with E-state index in [2.05, 4.69) is 26.8 Å². The summed E-state index contributed by atoms with van der Waals surface area (Å²) in [5, 5.41) is 9.53. The van der Waals surface area contributed by atoms with Gasteiger partial charge in [-0.15, -0.1) is 0 Å². The summed E-state index contributed by atoms with van der Waals surface area (Å²) in [4.78, 5) is 26.5. The van der Waals surface area contributed by atoms with Crippen LogP contribution < -0.4 is 0 Å². The number of carbonyl (C=O) groups excluding carboxylic acids is 1. The van der Waals surface area contributed by atoms with Crippen LogP contribution in [0.15, 0.2) is 23.8 Å². The SMILES string of the molecule is CC1=C[C@H](C)[C@@H](CN2C[C@]34C=C[C@H](O3)[C@@H](C(=O)O)[C@@H]4C2=O)[C@H](C)C1.